The first-order valence-electron chi connectivity index (χ1n) is 7.02. The van der Waals surface area contributed by atoms with E-state index in [-0.39, 0.29) is 0 Å². The minimum atomic E-state index is -0.634. The van der Waals surface area contributed by atoms with E-state index < -0.39 is 11.4 Å². The van der Waals surface area contributed by atoms with Gasteiger partial charge in [0.1, 0.15) is 0 Å². The fourth-order valence-electron chi connectivity index (χ4n) is 3.19. The van der Waals surface area contributed by atoms with Crippen LogP contribution in [0.15, 0.2) is 24.3 Å². The molecule has 1 aliphatic carbocycles. The third-order valence-corrected chi connectivity index (χ3v) is 4.20. The normalized spacial score (nSPS) is 22.5. The summed E-state index contributed by atoms with van der Waals surface area (Å²) in [5, 5.41) is 9.73. The molecule has 0 fully saturated rings. The Morgan fingerprint density at radius 3 is 2.83 bits per heavy atom. The zero-order chi connectivity index (χ0) is 13.0. The molecule has 0 saturated heterocycles. The molecule has 1 aromatic carbocycles. The van der Waals surface area contributed by atoms with Gasteiger partial charge in [-0.1, -0.05) is 50.5 Å². The van der Waals surface area contributed by atoms with Crippen LogP contribution in [0.2, 0.25) is 0 Å². The molecule has 1 N–H and O–H groups in total. The van der Waals surface area contributed by atoms with Gasteiger partial charge in [-0.2, -0.15) is 0 Å². The Balaban J connectivity index is 2.33. The number of hydrogen-bond acceptors (Lipinski definition) is 1. The van der Waals surface area contributed by atoms with Crippen molar-refractivity contribution >= 4 is 5.97 Å². The lowest BCUT2D eigenvalue weighted by Crippen LogP contribution is -2.39. The number of benzene rings is 1. The number of carboxylic acid groups (broad SMARTS) is 1. The molecule has 0 saturated carbocycles. The van der Waals surface area contributed by atoms with Crippen molar-refractivity contribution in [3.8, 4) is 0 Å². The number of aryl methyl sites for hydroxylation is 1. The average molecular weight is 246 g/mol. The van der Waals surface area contributed by atoms with Crippen LogP contribution in [0.1, 0.15) is 56.6 Å². The topological polar surface area (TPSA) is 37.3 Å². The van der Waals surface area contributed by atoms with Crippen LogP contribution in [0, 0.1) is 0 Å². The Labute approximate surface area is 109 Å². The van der Waals surface area contributed by atoms with Crippen LogP contribution in [0.4, 0.5) is 0 Å². The monoisotopic (exact) mass is 246 g/mol. The summed E-state index contributed by atoms with van der Waals surface area (Å²) >= 11 is 0. The van der Waals surface area contributed by atoms with Crippen LogP contribution in [-0.2, 0) is 16.6 Å². The second-order valence-corrected chi connectivity index (χ2v) is 5.36. The van der Waals surface area contributed by atoms with Crippen molar-refractivity contribution in [1.82, 2.24) is 0 Å². The summed E-state index contributed by atoms with van der Waals surface area (Å²) in [7, 11) is 0. The lowest BCUT2D eigenvalue weighted by Gasteiger charge is -2.35. The second-order valence-electron chi connectivity index (χ2n) is 5.36. The molecule has 18 heavy (non-hydrogen) atoms. The minimum absolute atomic E-state index is 0.621. The van der Waals surface area contributed by atoms with E-state index in [0.29, 0.717) is 0 Å². The van der Waals surface area contributed by atoms with Gasteiger partial charge in [0.2, 0.25) is 0 Å². The molecule has 0 amide bonds. The summed E-state index contributed by atoms with van der Waals surface area (Å²) in [6.07, 6.45) is 6.87. The fourth-order valence-corrected chi connectivity index (χ4v) is 3.19. The zero-order valence-corrected chi connectivity index (χ0v) is 11.1. The molecule has 1 unspecified atom stereocenters. The van der Waals surface area contributed by atoms with Gasteiger partial charge >= 0.3 is 5.97 Å². The van der Waals surface area contributed by atoms with Gasteiger partial charge in [0.05, 0.1) is 5.41 Å². The van der Waals surface area contributed by atoms with Gasteiger partial charge in [-0.25, -0.2) is 0 Å². The summed E-state index contributed by atoms with van der Waals surface area (Å²) in [6.45, 7) is 2.16. The predicted molar refractivity (Wildman–Crippen MR) is 72.8 cm³/mol. The first-order valence-corrected chi connectivity index (χ1v) is 7.02. The van der Waals surface area contributed by atoms with Crippen molar-refractivity contribution in [2.75, 3.05) is 0 Å². The summed E-state index contributed by atoms with van der Waals surface area (Å²) < 4.78 is 0. The third kappa shape index (κ3) is 2.29. The van der Waals surface area contributed by atoms with Crippen molar-refractivity contribution in [2.45, 2.75) is 57.3 Å². The Morgan fingerprint density at radius 1 is 1.33 bits per heavy atom. The quantitative estimate of drug-likeness (QED) is 0.799. The van der Waals surface area contributed by atoms with Crippen molar-refractivity contribution in [2.24, 2.45) is 0 Å². The van der Waals surface area contributed by atoms with E-state index in [9.17, 15) is 9.90 Å². The average Bonchev–Trinajstić information content (AvgIpc) is 2.39. The second kappa shape index (κ2) is 5.55. The van der Waals surface area contributed by atoms with Crippen LogP contribution < -0.4 is 0 Å². The SMILES string of the molecule is CCCCCC1(C(=O)O)CCCc2ccccc21. The molecule has 0 aliphatic heterocycles. The third-order valence-electron chi connectivity index (χ3n) is 4.20. The highest BCUT2D eigenvalue weighted by molar-refractivity contribution is 5.82. The molecule has 0 heterocycles. The molecule has 0 bridgehead atoms. The van der Waals surface area contributed by atoms with Gasteiger partial charge in [0, 0.05) is 0 Å². The van der Waals surface area contributed by atoms with E-state index >= 15 is 0 Å². The summed E-state index contributed by atoms with van der Waals surface area (Å²) in [5.74, 6) is -0.634. The first kappa shape index (κ1) is 13.1. The number of unbranched alkanes of at least 4 members (excludes halogenated alkanes) is 2. The highest BCUT2D eigenvalue weighted by atomic mass is 16.4. The number of aliphatic carboxylic acids is 1. The van der Waals surface area contributed by atoms with Crippen molar-refractivity contribution in [1.29, 1.82) is 0 Å². The summed E-state index contributed by atoms with van der Waals surface area (Å²) in [4.78, 5) is 11.8. The molecule has 0 aromatic heterocycles. The molecule has 2 rings (SSSR count). The summed E-state index contributed by atoms with van der Waals surface area (Å²) in [5.41, 5.74) is 1.69. The molecule has 2 nitrogen and oxygen atoms in total. The van der Waals surface area contributed by atoms with Crippen LogP contribution >= 0.6 is 0 Å². The lowest BCUT2D eigenvalue weighted by molar-refractivity contribution is -0.145. The van der Waals surface area contributed by atoms with Crippen molar-refractivity contribution in [3.05, 3.63) is 35.4 Å². The largest absolute Gasteiger partial charge is 0.481 e. The summed E-state index contributed by atoms with van der Waals surface area (Å²) in [6, 6.07) is 8.10. The van der Waals surface area contributed by atoms with Gasteiger partial charge in [-0.3, -0.25) is 4.79 Å². The lowest BCUT2D eigenvalue weighted by atomic mass is 9.67. The number of fused-ring (bicyclic) bond motifs is 1. The van der Waals surface area contributed by atoms with E-state index in [2.05, 4.69) is 13.0 Å². The predicted octanol–water partition coefficient (Wildman–Crippen LogP) is 3.93. The van der Waals surface area contributed by atoms with E-state index in [1.54, 1.807) is 0 Å². The maximum Gasteiger partial charge on any atom is 0.314 e. The van der Waals surface area contributed by atoms with E-state index in [4.69, 9.17) is 0 Å². The molecule has 98 valence electrons. The van der Waals surface area contributed by atoms with Gasteiger partial charge in [-0.05, 0) is 36.8 Å². The Bertz CT molecular complexity index is 425. The Kier molecular flexibility index (Phi) is 4.05. The van der Waals surface area contributed by atoms with Crippen molar-refractivity contribution in [3.63, 3.8) is 0 Å². The van der Waals surface area contributed by atoms with Crippen LogP contribution in [0.25, 0.3) is 0 Å². The molecule has 1 aliphatic rings. The van der Waals surface area contributed by atoms with Crippen LogP contribution in [0.5, 0.6) is 0 Å². The maximum absolute atomic E-state index is 11.8. The minimum Gasteiger partial charge on any atom is -0.481 e. The molecule has 1 atom stereocenters. The zero-order valence-electron chi connectivity index (χ0n) is 11.1. The fraction of sp³-hybridized carbons (Fsp3) is 0.562. The molecule has 0 radical (unpaired) electrons. The number of carboxylic acids is 1. The Morgan fingerprint density at radius 2 is 2.11 bits per heavy atom. The van der Waals surface area contributed by atoms with Gasteiger partial charge in [-0.15, -0.1) is 0 Å². The van der Waals surface area contributed by atoms with Gasteiger partial charge < -0.3 is 5.11 Å². The smallest absolute Gasteiger partial charge is 0.314 e. The highest BCUT2D eigenvalue weighted by Gasteiger charge is 2.42. The van der Waals surface area contributed by atoms with Gasteiger partial charge in [0.25, 0.3) is 0 Å². The van der Waals surface area contributed by atoms with E-state index in [1.807, 2.05) is 18.2 Å². The standard InChI is InChI=1S/C16H22O2/c1-2-3-6-11-16(15(17)18)12-7-9-13-8-4-5-10-14(13)16/h4-5,8,10H,2-3,6-7,9,11-12H2,1H3,(H,17,18). The van der Waals surface area contributed by atoms with E-state index in [0.717, 1.165) is 50.5 Å². The molecule has 0 spiro atoms. The van der Waals surface area contributed by atoms with Crippen molar-refractivity contribution < 1.29 is 9.90 Å². The highest BCUT2D eigenvalue weighted by Crippen LogP contribution is 2.41. The number of hydrogen-bond donors (Lipinski definition) is 1. The van der Waals surface area contributed by atoms with E-state index in [1.165, 1.54) is 5.56 Å². The molecular weight excluding hydrogens is 224 g/mol. The first-order chi connectivity index (χ1) is 8.70. The number of carbonyl (C=O) groups is 1. The van der Waals surface area contributed by atoms with Crippen LogP contribution in [0.3, 0.4) is 0 Å². The molecule has 1 aromatic rings. The molecule has 2 heteroatoms. The van der Waals surface area contributed by atoms with Crippen LogP contribution in [-0.4, -0.2) is 11.1 Å². The van der Waals surface area contributed by atoms with Gasteiger partial charge in [0.15, 0.2) is 0 Å². The molecular formula is C16H22O2. The maximum atomic E-state index is 11.8. The number of rotatable bonds is 5. The Hall–Kier alpha value is -1.31.